The molecule has 0 N–H and O–H groups in total. The maximum atomic E-state index is 5.15. The number of halogens is 1. The first-order valence-corrected chi connectivity index (χ1v) is 2.17. The number of hydrogen-bond acceptors (Lipinski definition) is 0. The summed E-state index contributed by atoms with van der Waals surface area (Å²) in [5.74, 6) is 3.26. The highest BCUT2D eigenvalue weighted by Gasteiger charge is 2.19. The van der Waals surface area contributed by atoms with Crippen molar-refractivity contribution in [3.05, 3.63) is 5.88 Å². The highest BCUT2D eigenvalue weighted by Crippen LogP contribution is 2.32. The van der Waals surface area contributed by atoms with E-state index in [-0.39, 0.29) is 0 Å². The zero-order valence-electron chi connectivity index (χ0n) is 2.87. The highest BCUT2D eigenvalue weighted by atomic mass is 35.5. The molecule has 1 rings (SSSR count). The molecule has 5 heavy (non-hydrogen) atoms. The highest BCUT2D eigenvalue weighted by molar-refractivity contribution is 6.23. The van der Waals surface area contributed by atoms with Gasteiger partial charge in [-0.2, -0.15) is 0 Å². The number of rotatable bonds is 1. The third-order valence-electron chi connectivity index (χ3n) is 0.732. The van der Waals surface area contributed by atoms with Gasteiger partial charge in [0.1, 0.15) is 0 Å². The van der Waals surface area contributed by atoms with Crippen LogP contribution in [0.3, 0.4) is 0 Å². The molecule has 0 aromatic heterocycles. The van der Waals surface area contributed by atoms with Gasteiger partial charge in [0.15, 0.2) is 0 Å². The zero-order valence-corrected chi connectivity index (χ0v) is 3.63. The van der Waals surface area contributed by atoms with Gasteiger partial charge in [0, 0.05) is 0 Å². The largest absolute Gasteiger partial charge is 0.115 e. The quantitative estimate of drug-likeness (QED) is 0.458. The molecule has 0 unspecified atom stereocenters. The van der Waals surface area contributed by atoms with Gasteiger partial charge < -0.3 is 0 Å². The predicted octanol–water partition coefficient (Wildman–Crippen LogP) is 1.67. The average Bonchev–Trinajstić information content (AvgIpc) is 2.12. The van der Waals surface area contributed by atoms with E-state index in [1.165, 1.54) is 12.8 Å². The fourth-order valence-electron chi connectivity index (χ4n) is 0.192. The molecule has 28 valence electrons. The standard InChI is InChI=1S/C4H5Cl/c5-3-4-1-2-4/h4H,1-2H2. The van der Waals surface area contributed by atoms with Crippen molar-refractivity contribution in [3.63, 3.8) is 0 Å². The van der Waals surface area contributed by atoms with Gasteiger partial charge in [0.05, 0.1) is 5.88 Å². The second kappa shape index (κ2) is 1.17. The Hall–Kier alpha value is 0.290. The van der Waals surface area contributed by atoms with Crippen LogP contribution in [0.25, 0.3) is 0 Å². The Morgan fingerprint density at radius 2 is 2.20 bits per heavy atom. The van der Waals surface area contributed by atoms with Gasteiger partial charge >= 0.3 is 0 Å². The first-order valence-electron chi connectivity index (χ1n) is 1.79. The third kappa shape index (κ3) is 0.804. The Balaban J connectivity index is 2.00. The molecule has 0 spiro atoms. The summed E-state index contributed by atoms with van der Waals surface area (Å²) in [5.41, 5.74) is 0. The van der Waals surface area contributed by atoms with Crippen LogP contribution >= 0.6 is 11.6 Å². The van der Waals surface area contributed by atoms with Gasteiger partial charge in [0.25, 0.3) is 0 Å². The Labute approximate surface area is 37.1 Å². The Morgan fingerprint density at radius 3 is 2.20 bits per heavy atom. The monoisotopic (exact) mass is 88.0 g/mol. The molecule has 1 aliphatic carbocycles. The molecule has 0 amide bonds. The van der Waals surface area contributed by atoms with Crippen molar-refractivity contribution in [2.45, 2.75) is 12.8 Å². The van der Waals surface area contributed by atoms with E-state index in [0.29, 0.717) is 5.92 Å². The molecule has 0 aromatic carbocycles. The van der Waals surface area contributed by atoms with Crippen molar-refractivity contribution >= 4 is 11.6 Å². The fraction of sp³-hybridized carbons (Fsp3) is 0.750. The molecule has 1 heteroatoms. The van der Waals surface area contributed by atoms with E-state index >= 15 is 0 Å². The molecule has 0 aromatic rings. The summed E-state index contributed by atoms with van der Waals surface area (Å²) in [6.07, 6.45) is 2.53. The summed E-state index contributed by atoms with van der Waals surface area (Å²) < 4.78 is 0. The minimum absolute atomic E-state index is 0.650. The van der Waals surface area contributed by atoms with Crippen molar-refractivity contribution in [2.75, 3.05) is 0 Å². The van der Waals surface area contributed by atoms with Crippen LogP contribution in [0.5, 0.6) is 0 Å². The second-order valence-corrected chi connectivity index (χ2v) is 1.60. The lowest BCUT2D eigenvalue weighted by Crippen LogP contribution is -1.57. The summed E-state index contributed by atoms with van der Waals surface area (Å²) in [6, 6.07) is 0. The molecule has 0 saturated heterocycles. The van der Waals surface area contributed by atoms with E-state index in [0.717, 1.165) is 0 Å². The summed E-state index contributed by atoms with van der Waals surface area (Å²) in [7, 11) is 0. The van der Waals surface area contributed by atoms with Crippen molar-refractivity contribution in [1.29, 1.82) is 0 Å². The molecule has 2 radical (unpaired) electrons. The van der Waals surface area contributed by atoms with E-state index in [4.69, 9.17) is 11.6 Å². The van der Waals surface area contributed by atoms with Crippen LogP contribution in [0.15, 0.2) is 0 Å². The molecule has 1 fully saturated rings. The van der Waals surface area contributed by atoms with Gasteiger partial charge in [-0.3, -0.25) is 0 Å². The maximum Gasteiger partial charge on any atom is 0.0897 e. The van der Waals surface area contributed by atoms with Gasteiger partial charge in [-0.05, 0) is 18.8 Å². The minimum Gasteiger partial charge on any atom is -0.115 e. The maximum absolute atomic E-state index is 5.15. The molecule has 0 nitrogen and oxygen atoms in total. The van der Waals surface area contributed by atoms with Crippen LogP contribution in [-0.2, 0) is 0 Å². The lowest BCUT2D eigenvalue weighted by atomic mass is 10.5. The SMILES string of the molecule is Cl[C]C1CC1. The van der Waals surface area contributed by atoms with E-state index in [1.807, 2.05) is 0 Å². The Bertz CT molecular complexity index is 30.6. The fourth-order valence-corrected chi connectivity index (χ4v) is 0.411. The molecule has 0 atom stereocenters. The second-order valence-electron chi connectivity index (χ2n) is 1.38. The first-order chi connectivity index (χ1) is 2.43. The van der Waals surface area contributed by atoms with Gasteiger partial charge in [-0.15, -0.1) is 11.6 Å². The minimum atomic E-state index is 0.650. The Kier molecular flexibility index (Phi) is 0.817. The van der Waals surface area contributed by atoms with Crippen LogP contribution in [0.1, 0.15) is 12.8 Å². The summed E-state index contributed by atoms with van der Waals surface area (Å²) in [4.78, 5) is 0. The molecule has 0 aliphatic heterocycles. The molecule has 1 saturated carbocycles. The lowest BCUT2D eigenvalue weighted by Gasteiger charge is -1.67. The van der Waals surface area contributed by atoms with Crippen LogP contribution < -0.4 is 0 Å². The van der Waals surface area contributed by atoms with Gasteiger partial charge in [-0.1, -0.05) is 0 Å². The van der Waals surface area contributed by atoms with Crippen LogP contribution in [-0.4, -0.2) is 0 Å². The lowest BCUT2D eigenvalue weighted by molar-refractivity contribution is 1.09. The molecular formula is C4H5Cl. The number of hydrogen-bond donors (Lipinski definition) is 0. The molecular weight excluding hydrogens is 83.5 g/mol. The van der Waals surface area contributed by atoms with Gasteiger partial charge in [-0.25, -0.2) is 0 Å². The van der Waals surface area contributed by atoms with E-state index in [1.54, 1.807) is 0 Å². The van der Waals surface area contributed by atoms with Crippen molar-refractivity contribution < 1.29 is 0 Å². The van der Waals surface area contributed by atoms with Crippen LogP contribution in [0.4, 0.5) is 0 Å². The smallest absolute Gasteiger partial charge is 0.0897 e. The first kappa shape index (κ1) is 3.48. The van der Waals surface area contributed by atoms with Crippen LogP contribution in [0.2, 0.25) is 0 Å². The average molecular weight is 88.5 g/mol. The topological polar surface area (TPSA) is 0 Å². The van der Waals surface area contributed by atoms with E-state index in [2.05, 4.69) is 5.88 Å². The molecule has 0 bridgehead atoms. The molecule has 1 aliphatic rings. The van der Waals surface area contributed by atoms with Crippen molar-refractivity contribution in [3.8, 4) is 0 Å². The van der Waals surface area contributed by atoms with Gasteiger partial charge in [0.2, 0.25) is 0 Å². The molecule has 0 heterocycles. The summed E-state index contributed by atoms with van der Waals surface area (Å²) in [6.45, 7) is 0. The normalized spacial score (nSPS) is 23.4. The Morgan fingerprint density at radius 1 is 1.60 bits per heavy atom. The summed E-state index contributed by atoms with van der Waals surface area (Å²) >= 11 is 5.15. The van der Waals surface area contributed by atoms with E-state index < -0.39 is 0 Å². The van der Waals surface area contributed by atoms with E-state index in [9.17, 15) is 0 Å². The predicted molar refractivity (Wildman–Crippen MR) is 21.8 cm³/mol. The zero-order chi connectivity index (χ0) is 3.70. The van der Waals surface area contributed by atoms with Crippen LogP contribution in [0, 0.1) is 11.8 Å². The van der Waals surface area contributed by atoms with Crippen molar-refractivity contribution in [1.82, 2.24) is 0 Å². The summed E-state index contributed by atoms with van der Waals surface area (Å²) in [5, 5.41) is 0. The van der Waals surface area contributed by atoms with Crippen molar-refractivity contribution in [2.24, 2.45) is 5.92 Å². The third-order valence-corrected chi connectivity index (χ3v) is 1.04.